The zero-order valence-electron chi connectivity index (χ0n) is 8.21. The summed E-state index contributed by atoms with van der Waals surface area (Å²) in [4.78, 5) is 14.6. The van der Waals surface area contributed by atoms with Gasteiger partial charge in [0.05, 0.1) is 13.3 Å². The standard InChI is InChI=1S/C10H11NO4/c1-14-9-5-3-2-4-8(9)6-11-15-7-10(12)13/h2-6H,7H2,1H3,(H,12,13)/b11-6-. The molecule has 1 aromatic rings. The fourth-order valence-corrected chi connectivity index (χ4v) is 0.960. The highest BCUT2D eigenvalue weighted by molar-refractivity contribution is 5.83. The molecule has 0 radical (unpaired) electrons. The Balaban J connectivity index is 2.59. The van der Waals surface area contributed by atoms with Crippen LogP contribution in [0.1, 0.15) is 5.56 Å². The molecule has 0 amide bonds. The van der Waals surface area contributed by atoms with Crippen LogP contribution in [0.25, 0.3) is 0 Å². The molecule has 15 heavy (non-hydrogen) atoms. The van der Waals surface area contributed by atoms with Gasteiger partial charge in [0.25, 0.3) is 0 Å². The van der Waals surface area contributed by atoms with Gasteiger partial charge in [0, 0.05) is 5.56 Å². The Bertz CT molecular complexity index is 362. The van der Waals surface area contributed by atoms with E-state index in [0.29, 0.717) is 5.75 Å². The second-order valence-corrected chi connectivity index (χ2v) is 2.64. The third-order valence-corrected chi connectivity index (χ3v) is 1.59. The van der Waals surface area contributed by atoms with E-state index in [9.17, 15) is 4.79 Å². The van der Waals surface area contributed by atoms with Crippen molar-refractivity contribution in [2.45, 2.75) is 0 Å². The molecule has 1 rings (SSSR count). The molecule has 0 bridgehead atoms. The average molecular weight is 209 g/mol. The van der Waals surface area contributed by atoms with Gasteiger partial charge in [0.15, 0.2) is 0 Å². The molecule has 0 aromatic heterocycles. The van der Waals surface area contributed by atoms with Crippen LogP contribution in [0.5, 0.6) is 5.75 Å². The highest BCUT2D eigenvalue weighted by Gasteiger charge is 1.98. The van der Waals surface area contributed by atoms with E-state index >= 15 is 0 Å². The summed E-state index contributed by atoms with van der Waals surface area (Å²) in [6.07, 6.45) is 1.40. The monoisotopic (exact) mass is 209 g/mol. The third-order valence-electron chi connectivity index (χ3n) is 1.59. The Morgan fingerprint density at radius 1 is 1.53 bits per heavy atom. The second-order valence-electron chi connectivity index (χ2n) is 2.64. The van der Waals surface area contributed by atoms with E-state index in [1.54, 1.807) is 19.2 Å². The van der Waals surface area contributed by atoms with Crippen molar-refractivity contribution in [1.82, 2.24) is 0 Å². The lowest BCUT2D eigenvalue weighted by Crippen LogP contribution is -2.03. The fourth-order valence-electron chi connectivity index (χ4n) is 0.960. The zero-order valence-corrected chi connectivity index (χ0v) is 8.21. The van der Waals surface area contributed by atoms with Crippen LogP contribution in [-0.4, -0.2) is 31.0 Å². The number of hydrogen-bond acceptors (Lipinski definition) is 4. The van der Waals surface area contributed by atoms with Gasteiger partial charge in [0.1, 0.15) is 5.75 Å². The number of nitrogens with zero attached hydrogens (tertiary/aromatic N) is 1. The molecule has 0 heterocycles. The zero-order chi connectivity index (χ0) is 11.1. The molecule has 0 unspecified atom stereocenters. The molecule has 0 aliphatic carbocycles. The maximum absolute atomic E-state index is 10.1. The summed E-state index contributed by atoms with van der Waals surface area (Å²) in [5.74, 6) is -0.410. The van der Waals surface area contributed by atoms with Crippen molar-refractivity contribution < 1.29 is 19.5 Å². The van der Waals surface area contributed by atoms with Crippen molar-refractivity contribution >= 4 is 12.2 Å². The third kappa shape index (κ3) is 3.68. The molecule has 5 nitrogen and oxygen atoms in total. The SMILES string of the molecule is COc1ccccc1/C=N\OCC(=O)O. The average Bonchev–Trinajstić information content (AvgIpc) is 2.24. The molecular weight excluding hydrogens is 198 g/mol. The van der Waals surface area contributed by atoms with Crippen LogP contribution >= 0.6 is 0 Å². The summed E-state index contributed by atoms with van der Waals surface area (Å²) < 4.78 is 5.06. The molecule has 0 aliphatic heterocycles. The molecule has 80 valence electrons. The highest BCUT2D eigenvalue weighted by Crippen LogP contribution is 2.14. The first-order valence-corrected chi connectivity index (χ1v) is 4.24. The quantitative estimate of drug-likeness (QED) is 0.583. The van der Waals surface area contributed by atoms with Gasteiger partial charge >= 0.3 is 5.97 Å². The Kier molecular flexibility index (Phi) is 4.15. The minimum absolute atomic E-state index is 0.453. The summed E-state index contributed by atoms with van der Waals surface area (Å²) in [5.41, 5.74) is 0.727. The van der Waals surface area contributed by atoms with E-state index in [1.807, 2.05) is 12.1 Å². The fraction of sp³-hybridized carbons (Fsp3) is 0.200. The number of carboxylic acids is 1. The molecule has 1 aromatic carbocycles. The van der Waals surface area contributed by atoms with Gasteiger partial charge in [-0.15, -0.1) is 0 Å². The van der Waals surface area contributed by atoms with Crippen LogP contribution in [0.4, 0.5) is 0 Å². The van der Waals surface area contributed by atoms with Gasteiger partial charge in [-0.2, -0.15) is 0 Å². The lowest BCUT2D eigenvalue weighted by atomic mass is 10.2. The van der Waals surface area contributed by atoms with Crippen molar-refractivity contribution in [3.8, 4) is 5.75 Å². The molecular formula is C10H11NO4. The van der Waals surface area contributed by atoms with Crippen molar-refractivity contribution in [2.75, 3.05) is 13.7 Å². The van der Waals surface area contributed by atoms with E-state index in [2.05, 4.69) is 9.99 Å². The number of hydrogen-bond donors (Lipinski definition) is 1. The highest BCUT2D eigenvalue weighted by atomic mass is 16.6. The maximum atomic E-state index is 10.1. The van der Waals surface area contributed by atoms with Crippen LogP contribution in [0.15, 0.2) is 29.4 Å². The van der Waals surface area contributed by atoms with Gasteiger partial charge in [-0.05, 0) is 12.1 Å². The van der Waals surface area contributed by atoms with E-state index < -0.39 is 12.6 Å². The van der Waals surface area contributed by atoms with E-state index in [0.717, 1.165) is 5.56 Å². The van der Waals surface area contributed by atoms with Gasteiger partial charge in [-0.3, -0.25) is 0 Å². The van der Waals surface area contributed by atoms with E-state index in [4.69, 9.17) is 9.84 Å². The summed E-state index contributed by atoms with van der Waals surface area (Å²) in [5, 5.41) is 11.8. The number of methoxy groups -OCH3 is 1. The number of carbonyl (C=O) groups is 1. The summed E-state index contributed by atoms with van der Waals surface area (Å²) >= 11 is 0. The topological polar surface area (TPSA) is 68.1 Å². The minimum atomic E-state index is -1.06. The largest absolute Gasteiger partial charge is 0.496 e. The molecule has 5 heteroatoms. The summed E-state index contributed by atoms with van der Waals surface area (Å²) in [6, 6.07) is 7.21. The van der Waals surface area contributed by atoms with Gasteiger partial charge in [-0.1, -0.05) is 17.3 Å². The molecule has 0 spiro atoms. The van der Waals surface area contributed by atoms with E-state index in [1.165, 1.54) is 6.21 Å². The van der Waals surface area contributed by atoms with Crippen LogP contribution in [0.3, 0.4) is 0 Å². The molecule has 1 N–H and O–H groups in total. The minimum Gasteiger partial charge on any atom is -0.496 e. The van der Waals surface area contributed by atoms with Crippen LogP contribution < -0.4 is 4.74 Å². The van der Waals surface area contributed by atoms with Gasteiger partial charge in [0.2, 0.25) is 6.61 Å². The number of benzene rings is 1. The summed E-state index contributed by atoms with van der Waals surface area (Å²) in [6.45, 7) is -0.453. The Morgan fingerprint density at radius 3 is 2.93 bits per heavy atom. The number of oxime groups is 1. The van der Waals surface area contributed by atoms with Gasteiger partial charge in [-0.25, -0.2) is 4.79 Å². The Morgan fingerprint density at radius 2 is 2.27 bits per heavy atom. The second kappa shape index (κ2) is 5.64. The maximum Gasteiger partial charge on any atom is 0.344 e. The number of ether oxygens (including phenoxy) is 1. The van der Waals surface area contributed by atoms with Crippen molar-refractivity contribution in [2.24, 2.45) is 5.16 Å². The molecule has 0 saturated heterocycles. The predicted molar refractivity (Wildman–Crippen MR) is 54.2 cm³/mol. The predicted octanol–water partition coefficient (Wildman–Crippen LogP) is 1.13. The number of rotatable bonds is 5. The van der Waals surface area contributed by atoms with Crippen molar-refractivity contribution in [3.63, 3.8) is 0 Å². The lowest BCUT2D eigenvalue weighted by Gasteiger charge is -2.02. The van der Waals surface area contributed by atoms with Crippen molar-refractivity contribution in [3.05, 3.63) is 29.8 Å². The number of carboxylic acid groups (broad SMARTS) is 1. The Labute approximate surface area is 86.9 Å². The number of para-hydroxylation sites is 1. The van der Waals surface area contributed by atoms with E-state index in [-0.39, 0.29) is 0 Å². The van der Waals surface area contributed by atoms with Crippen LogP contribution in [0, 0.1) is 0 Å². The van der Waals surface area contributed by atoms with Gasteiger partial charge < -0.3 is 14.7 Å². The molecule has 0 aliphatic rings. The molecule has 0 atom stereocenters. The first-order valence-electron chi connectivity index (χ1n) is 4.24. The van der Waals surface area contributed by atoms with Crippen LogP contribution in [-0.2, 0) is 9.63 Å². The first-order chi connectivity index (χ1) is 7.24. The normalized spacial score (nSPS) is 10.2. The molecule has 0 saturated carbocycles. The smallest absolute Gasteiger partial charge is 0.344 e. The summed E-state index contributed by atoms with van der Waals surface area (Å²) in [7, 11) is 1.55. The number of aliphatic carboxylic acids is 1. The van der Waals surface area contributed by atoms with Crippen molar-refractivity contribution in [1.29, 1.82) is 0 Å². The lowest BCUT2D eigenvalue weighted by molar-refractivity contribution is -0.142. The first kappa shape index (κ1) is 11.0. The Hall–Kier alpha value is -2.04. The van der Waals surface area contributed by atoms with Crippen LogP contribution in [0.2, 0.25) is 0 Å². The molecule has 0 fully saturated rings.